The molecule has 242 valence electrons. The van der Waals surface area contributed by atoms with Gasteiger partial charge in [-0.1, -0.05) is 18.2 Å². The minimum Gasteiger partial charge on any atom is -0.462 e. The van der Waals surface area contributed by atoms with Gasteiger partial charge in [0.15, 0.2) is 0 Å². The van der Waals surface area contributed by atoms with Crippen LogP contribution in [-0.4, -0.2) is 70.9 Å². The Morgan fingerprint density at radius 1 is 1.14 bits per heavy atom. The summed E-state index contributed by atoms with van der Waals surface area (Å²) in [6, 6.07) is 5.61. The Morgan fingerprint density at radius 3 is 2.45 bits per heavy atom. The van der Waals surface area contributed by atoms with E-state index in [-0.39, 0.29) is 18.7 Å². The fourth-order valence-corrected chi connectivity index (χ4v) is 5.44. The lowest BCUT2D eigenvalue weighted by Gasteiger charge is -2.26. The Kier molecular flexibility index (Phi) is 12.0. The summed E-state index contributed by atoms with van der Waals surface area (Å²) < 4.78 is 56.4. The largest absolute Gasteiger partial charge is 0.462 e. The zero-order valence-electron chi connectivity index (χ0n) is 24.4. The Labute approximate surface area is 250 Å². The minimum atomic E-state index is -4.38. The van der Waals surface area contributed by atoms with Crippen LogP contribution in [0.3, 0.4) is 0 Å². The highest BCUT2D eigenvalue weighted by atomic mass is 31.2. The Hall–Kier alpha value is -3.89. The Bertz CT molecular complexity index is 1480. The number of rotatable bonds is 14. The molecule has 0 spiro atoms. The second kappa shape index (κ2) is 15.2. The number of H-pyrrole nitrogens is 1. The van der Waals surface area contributed by atoms with E-state index in [1.165, 1.54) is 26.0 Å². The van der Waals surface area contributed by atoms with Crippen LogP contribution in [-0.2, 0) is 37.7 Å². The summed E-state index contributed by atoms with van der Waals surface area (Å²) in [6.07, 6.45) is -3.77. The third-order valence-corrected chi connectivity index (χ3v) is 7.68. The number of halogens is 1. The molecule has 1 saturated heterocycles. The number of aromatic nitrogens is 2. The molecule has 0 saturated carbocycles. The van der Waals surface area contributed by atoms with Crippen molar-refractivity contribution in [2.45, 2.75) is 70.7 Å². The van der Waals surface area contributed by atoms with Gasteiger partial charge in [-0.2, -0.15) is 9.48 Å². The van der Waals surface area contributed by atoms with Crippen molar-refractivity contribution in [3.05, 3.63) is 63.2 Å². The first-order chi connectivity index (χ1) is 20.7. The van der Waals surface area contributed by atoms with Crippen molar-refractivity contribution in [2.24, 2.45) is 5.73 Å². The number of carbonyl (C=O) groups excluding carboxylic acids is 3. The predicted molar refractivity (Wildman–Crippen MR) is 151 cm³/mol. The molecular weight excluding hydrogens is 608 g/mol. The van der Waals surface area contributed by atoms with Crippen molar-refractivity contribution in [1.82, 2.24) is 20.0 Å². The highest BCUT2D eigenvalue weighted by Gasteiger charge is 2.43. The summed E-state index contributed by atoms with van der Waals surface area (Å²) >= 11 is 0. The van der Waals surface area contributed by atoms with Crippen LogP contribution in [0.15, 0.2) is 46.1 Å². The molecule has 3 rings (SSSR count). The summed E-state index contributed by atoms with van der Waals surface area (Å²) in [4.78, 5) is 62.6. The van der Waals surface area contributed by atoms with E-state index >= 15 is 0 Å². The normalized spacial score (nSPS) is 20.8. The van der Waals surface area contributed by atoms with E-state index in [2.05, 4.69) is 10.4 Å². The molecule has 0 radical (unpaired) electrons. The van der Waals surface area contributed by atoms with E-state index in [0.717, 1.165) is 4.57 Å². The molecular formula is C26H35FN5O11P. The molecule has 1 aliphatic heterocycles. The van der Waals surface area contributed by atoms with Crippen molar-refractivity contribution >= 4 is 25.6 Å². The van der Waals surface area contributed by atoms with Crippen molar-refractivity contribution in [3.8, 4) is 5.75 Å². The molecule has 1 aromatic carbocycles. The third kappa shape index (κ3) is 9.56. The number of hydrogen-bond acceptors (Lipinski definition) is 12. The molecule has 2 aromatic rings. The maximum absolute atomic E-state index is 14.0. The molecule has 6 atom stereocenters. The minimum absolute atomic E-state index is 0.126. The van der Waals surface area contributed by atoms with Gasteiger partial charge in [-0.05, 0) is 39.8 Å². The van der Waals surface area contributed by atoms with E-state index in [9.17, 15) is 32.9 Å². The van der Waals surface area contributed by atoms with Crippen molar-refractivity contribution in [1.29, 1.82) is 0 Å². The lowest BCUT2D eigenvalue weighted by molar-refractivity contribution is -0.156. The highest BCUT2D eigenvalue weighted by molar-refractivity contribution is 7.52. The first-order valence-electron chi connectivity index (χ1n) is 13.5. The second-order valence-electron chi connectivity index (χ2n) is 10.0. The van der Waals surface area contributed by atoms with Crippen LogP contribution in [0, 0.1) is 5.82 Å². The van der Waals surface area contributed by atoms with Crippen LogP contribution in [0.25, 0.3) is 0 Å². The van der Waals surface area contributed by atoms with Gasteiger partial charge in [0, 0.05) is 6.42 Å². The highest BCUT2D eigenvalue weighted by Crippen LogP contribution is 2.46. The third-order valence-electron chi connectivity index (χ3n) is 6.03. The number of nitrogens with one attached hydrogen (secondary N) is 3. The Balaban J connectivity index is 1.87. The molecule has 0 bridgehead atoms. The molecule has 18 heteroatoms. The zero-order chi connectivity index (χ0) is 32.6. The predicted octanol–water partition coefficient (Wildman–Crippen LogP) is 0.472. The smallest absolute Gasteiger partial charge is 0.459 e. The van der Waals surface area contributed by atoms with Crippen LogP contribution in [0.1, 0.15) is 40.3 Å². The molecule has 44 heavy (non-hydrogen) atoms. The van der Waals surface area contributed by atoms with Gasteiger partial charge in [-0.3, -0.25) is 28.5 Å². The maximum atomic E-state index is 14.0. The average molecular weight is 644 g/mol. The number of carbonyl (C=O) groups is 3. The molecule has 1 fully saturated rings. The molecule has 0 unspecified atom stereocenters. The number of nitrogens with two attached hydrogens (primary N) is 1. The standard InChI is InChI=1S/C26H35FN5O11P/c1-14(2)40-25(36)16(4)31-44(38,43-17-8-6-5-7-9-17)39-13-20-19(42-24(35)15(3)29-21(33)11-28)10-22(41-20)32-12-18(27)23(34)30-26(32)37/h5-9,12,14-16,19-20,22H,10-11,13,28H2,1-4H3,(H,29,33)(H,31,38)(H,30,34,37)/t15-,16-,19-,20+,22+,44-/m0/s1. The number of para-hydroxylation sites is 1. The van der Waals surface area contributed by atoms with E-state index in [4.69, 9.17) is 29.0 Å². The first kappa shape index (κ1) is 34.6. The van der Waals surface area contributed by atoms with E-state index in [1.54, 1.807) is 32.0 Å². The Morgan fingerprint density at radius 2 is 1.82 bits per heavy atom. The summed E-state index contributed by atoms with van der Waals surface area (Å²) in [5.74, 6) is -3.41. The quantitative estimate of drug-likeness (QED) is 0.163. The van der Waals surface area contributed by atoms with Gasteiger partial charge < -0.3 is 29.8 Å². The number of benzene rings is 1. The average Bonchev–Trinajstić information content (AvgIpc) is 3.35. The maximum Gasteiger partial charge on any atom is 0.459 e. The molecule has 5 N–H and O–H groups in total. The van der Waals surface area contributed by atoms with Crippen LogP contribution in [0.4, 0.5) is 4.39 Å². The van der Waals surface area contributed by atoms with Crippen LogP contribution in [0.5, 0.6) is 5.75 Å². The van der Waals surface area contributed by atoms with Gasteiger partial charge in [-0.25, -0.2) is 14.2 Å². The summed E-state index contributed by atoms with van der Waals surface area (Å²) in [6.45, 7) is 5.03. The molecule has 1 amide bonds. The number of esters is 2. The van der Waals surface area contributed by atoms with Crippen molar-refractivity contribution in [2.75, 3.05) is 13.2 Å². The lowest BCUT2D eigenvalue weighted by atomic mass is 10.2. The summed E-state index contributed by atoms with van der Waals surface area (Å²) in [5, 5.41) is 4.85. The topological polar surface area (TPSA) is 219 Å². The molecule has 2 heterocycles. The number of nitrogens with zero attached hydrogens (tertiary/aromatic N) is 1. The number of aromatic amines is 1. The van der Waals surface area contributed by atoms with E-state index in [0.29, 0.717) is 6.20 Å². The van der Waals surface area contributed by atoms with Crippen molar-refractivity contribution < 1.29 is 46.6 Å². The first-order valence-corrected chi connectivity index (χ1v) is 15.1. The number of ether oxygens (including phenoxy) is 3. The number of amides is 1. The second-order valence-corrected chi connectivity index (χ2v) is 11.7. The monoisotopic (exact) mass is 643 g/mol. The van der Waals surface area contributed by atoms with Gasteiger partial charge in [-0.15, -0.1) is 0 Å². The van der Waals surface area contributed by atoms with Gasteiger partial charge in [0.05, 0.1) is 25.5 Å². The van der Waals surface area contributed by atoms with Crippen LogP contribution in [0.2, 0.25) is 0 Å². The fraction of sp³-hybridized carbons (Fsp3) is 0.500. The SMILES string of the molecule is CC(C)OC(=O)[C@H](C)N[P@](=O)(OC[C@H]1O[C@@H](n2cc(F)c(=O)[nH]c2=O)C[C@@H]1OC(=O)[C@H](C)NC(=O)CN)Oc1ccccc1. The van der Waals surface area contributed by atoms with Gasteiger partial charge >= 0.3 is 25.4 Å². The number of hydrogen-bond donors (Lipinski definition) is 4. The summed E-state index contributed by atoms with van der Waals surface area (Å²) in [5.41, 5.74) is 3.03. The zero-order valence-corrected chi connectivity index (χ0v) is 25.3. The molecule has 16 nitrogen and oxygen atoms in total. The van der Waals surface area contributed by atoms with Crippen molar-refractivity contribution in [3.63, 3.8) is 0 Å². The van der Waals surface area contributed by atoms with Gasteiger partial charge in [0.1, 0.15) is 36.3 Å². The summed E-state index contributed by atoms with van der Waals surface area (Å²) in [7, 11) is -4.38. The van der Waals surface area contributed by atoms with E-state index in [1.807, 2.05) is 4.98 Å². The van der Waals surface area contributed by atoms with Crippen LogP contribution < -0.4 is 31.9 Å². The van der Waals surface area contributed by atoms with E-state index < -0.39 is 85.9 Å². The van der Waals surface area contributed by atoms with Crippen LogP contribution >= 0.6 is 7.75 Å². The molecule has 0 aliphatic carbocycles. The lowest BCUT2D eigenvalue weighted by Crippen LogP contribution is -2.44. The molecule has 1 aliphatic rings. The molecule has 1 aromatic heterocycles. The van der Waals surface area contributed by atoms with Gasteiger partial charge in [0.2, 0.25) is 11.7 Å². The van der Waals surface area contributed by atoms with Gasteiger partial charge in [0.25, 0.3) is 5.56 Å². The fourth-order valence-electron chi connectivity index (χ4n) is 3.94.